The normalized spacial score (nSPS) is 25.1. The Morgan fingerprint density at radius 2 is 2.44 bits per heavy atom. The fourth-order valence-corrected chi connectivity index (χ4v) is 2.83. The van der Waals surface area contributed by atoms with Crippen molar-refractivity contribution in [2.75, 3.05) is 20.8 Å². The number of methoxy groups -OCH3 is 1. The van der Waals surface area contributed by atoms with Crippen LogP contribution < -0.4 is 10.1 Å². The van der Waals surface area contributed by atoms with E-state index in [0.29, 0.717) is 12.0 Å². The van der Waals surface area contributed by atoms with Gasteiger partial charge < -0.3 is 14.8 Å². The molecule has 100 valence electrons. The van der Waals surface area contributed by atoms with E-state index in [0.717, 1.165) is 30.9 Å². The monoisotopic (exact) mass is 250 g/mol. The summed E-state index contributed by atoms with van der Waals surface area (Å²) < 4.78 is 11.2. The Morgan fingerprint density at radius 1 is 1.61 bits per heavy atom. The average Bonchev–Trinajstić information content (AvgIpc) is 2.88. The molecule has 18 heavy (non-hydrogen) atoms. The Kier molecular flexibility index (Phi) is 4.55. The number of rotatable bonds is 5. The zero-order valence-electron chi connectivity index (χ0n) is 11.3. The molecule has 1 fully saturated rings. The van der Waals surface area contributed by atoms with Gasteiger partial charge in [-0.2, -0.15) is 0 Å². The van der Waals surface area contributed by atoms with E-state index in [1.807, 2.05) is 25.4 Å². The van der Waals surface area contributed by atoms with Crippen LogP contribution in [0.1, 0.15) is 31.5 Å². The highest BCUT2D eigenvalue weighted by molar-refractivity contribution is 5.30. The lowest BCUT2D eigenvalue weighted by Crippen LogP contribution is -2.31. The zero-order chi connectivity index (χ0) is 13.0. The van der Waals surface area contributed by atoms with Crippen molar-refractivity contribution < 1.29 is 9.47 Å². The average molecular weight is 250 g/mol. The minimum atomic E-state index is 0.189. The molecule has 1 saturated heterocycles. The SMILES string of the molecule is CCC1OCCC1C(NC)c1ncccc1OC. The van der Waals surface area contributed by atoms with E-state index in [1.165, 1.54) is 0 Å². The third-order valence-corrected chi connectivity index (χ3v) is 3.72. The van der Waals surface area contributed by atoms with Gasteiger partial charge in [0.15, 0.2) is 0 Å². The second kappa shape index (κ2) is 6.16. The molecular formula is C14H22N2O2. The fourth-order valence-electron chi connectivity index (χ4n) is 2.83. The molecule has 1 N–H and O–H groups in total. The highest BCUT2D eigenvalue weighted by atomic mass is 16.5. The van der Waals surface area contributed by atoms with Crippen molar-refractivity contribution in [3.63, 3.8) is 0 Å². The molecule has 0 radical (unpaired) electrons. The van der Waals surface area contributed by atoms with Gasteiger partial charge in [0.25, 0.3) is 0 Å². The summed E-state index contributed by atoms with van der Waals surface area (Å²) in [6.45, 7) is 3.02. The Balaban J connectivity index is 2.27. The summed E-state index contributed by atoms with van der Waals surface area (Å²) in [6.07, 6.45) is 4.25. The molecule has 3 atom stereocenters. The van der Waals surface area contributed by atoms with Crippen LogP contribution in [0.15, 0.2) is 18.3 Å². The first-order chi connectivity index (χ1) is 8.81. The van der Waals surface area contributed by atoms with Crippen LogP contribution in [0.25, 0.3) is 0 Å². The van der Waals surface area contributed by atoms with Crippen molar-refractivity contribution in [3.05, 3.63) is 24.0 Å². The topological polar surface area (TPSA) is 43.4 Å². The summed E-state index contributed by atoms with van der Waals surface area (Å²) in [6, 6.07) is 4.05. The predicted octanol–water partition coefficient (Wildman–Crippen LogP) is 2.17. The molecule has 4 heteroatoms. The first-order valence-corrected chi connectivity index (χ1v) is 6.59. The van der Waals surface area contributed by atoms with Gasteiger partial charge in [-0.1, -0.05) is 6.92 Å². The van der Waals surface area contributed by atoms with Crippen LogP contribution in [0, 0.1) is 5.92 Å². The molecule has 3 unspecified atom stereocenters. The molecule has 0 aliphatic carbocycles. The molecule has 0 aromatic carbocycles. The van der Waals surface area contributed by atoms with E-state index in [1.54, 1.807) is 7.11 Å². The van der Waals surface area contributed by atoms with E-state index in [9.17, 15) is 0 Å². The molecule has 1 aromatic heterocycles. The van der Waals surface area contributed by atoms with Gasteiger partial charge in [-0.05, 0) is 32.0 Å². The van der Waals surface area contributed by atoms with E-state index in [4.69, 9.17) is 9.47 Å². The van der Waals surface area contributed by atoms with Gasteiger partial charge in [0.1, 0.15) is 5.75 Å². The van der Waals surface area contributed by atoms with Crippen LogP contribution in [0.4, 0.5) is 0 Å². The zero-order valence-corrected chi connectivity index (χ0v) is 11.3. The van der Waals surface area contributed by atoms with Gasteiger partial charge in [0, 0.05) is 18.7 Å². The quantitative estimate of drug-likeness (QED) is 0.869. The Bertz CT molecular complexity index is 384. The predicted molar refractivity (Wildman–Crippen MR) is 70.7 cm³/mol. The lowest BCUT2D eigenvalue weighted by Gasteiger charge is -2.27. The number of hydrogen-bond acceptors (Lipinski definition) is 4. The van der Waals surface area contributed by atoms with Crippen LogP contribution in [-0.2, 0) is 4.74 Å². The van der Waals surface area contributed by atoms with Crippen molar-refractivity contribution in [2.24, 2.45) is 5.92 Å². The number of aromatic nitrogens is 1. The van der Waals surface area contributed by atoms with E-state index < -0.39 is 0 Å². The summed E-state index contributed by atoms with van der Waals surface area (Å²) in [4.78, 5) is 4.49. The number of nitrogens with one attached hydrogen (secondary N) is 1. The van der Waals surface area contributed by atoms with Crippen molar-refractivity contribution in [1.82, 2.24) is 10.3 Å². The molecule has 0 saturated carbocycles. The maximum atomic E-state index is 5.78. The van der Waals surface area contributed by atoms with Gasteiger partial charge in [-0.3, -0.25) is 4.98 Å². The van der Waals surface area contributed by atoms with Gasteiger partial charge in [0.05, 0.1) is 24.9 Å². The molecule has 1 aliphatic heterocycles. The van der Waals surface area contributed by atoms with Crippen molar-refractivity contribution in [1.29, 1.82) is 0 Å². The lowest BCUT2D eigenvalue weighted by atomic mass is 9.88. The largest absolute Gasteiger partial charge is 0.495 e. The smallest absolute Gasteiger partial charge is 0.141 e. The van der Waals surface area contributed by atoms with Gasteiger partial charge in [0.2, 0.25) is 0 Å². The molecule has 4 nitrogen and oxygen atoms in total. The third-order valence-electron chi connectivity index (χ3n) is 3.72. The van der Waals surface area contributed by atoms with E-state index >= 15 is 0 Å². The Labute approximate surface area is 109 Å². The molecule has 0 bridgehead atoms. The second-order valence-corrected chi connectivity index (χ2v) is 4.63. The lowest BCUT2D eigenvalue weighted by molar-refractivity contribution is 0.0775. The van der Waals surface area contributed by atoms with Crippen LogP contribution in [-0.4, -0.2) is 31.9 Å². The van der Waals surface area contributed by atoms with Crippen molar-refractivity contribution >= 4 is 0 Å². The maximum absolute atomic E-state index is 5.78. The Morgan fingerprint density at radius 3 is 3.11 bits per heavy atom. The molecular weight excluding hydrogens is 228 g/mol. The second-order valence-electron chi connectivity index (χ2n) is 4.63. The summed E-state index contributed by atoms with van der Waals surface area (Å²) >= 11 is 0. The minimum absolute atomic E-state index is 0.189. The highest BCUT2D eigenvalue weighted by Crippen LogP contribution is 2.36. The number of pyridine rings is 1. The van der Waals surface area contributed by atoms with E-state index in [2.05, 4.69) is 17.2 Å². The molecule has 0 amide bonds. The standard InChI is InChI=1S/C14H22N2O2/c1-4-11-10(7-9-18-11)13(15-2)14-12(17-3)6-5-8-16-14/h5-6,8,10-11,13,15H,4,7,9H2,1-3H3. The number of ether oxygens (including phenoxy) is 2. The summed E-state index contributed by atoms with van der Waals surface area (Å²) in [7, 11) is 3.67. The van der Waals surface area contributed by atoms with Crippen LogP contribution >= 0.6 is 0 Å². The van der Waals surface area contributed by atoms with Gasteiger partial charge in [-0.25, -0.2) is 0 Å². The molecule has 1 aliphatic rings. The highest BCUT2D eigenvalue weighted by Gasteiger charge is 2.35. The van der Waals surface area contributed by atoms with Gasteiger partial charge >= 0.3 is 0 Å². The first kappa shape index (κ1) is 13.3. The van der Waals surface area contributed by atoms with Crippen molar-refractivity contribution in [3.8, 4) is 5.75 Å². The minimum Gasteiger partial charge on any atom is -0.495 e. The Hall–Kier alpha value is -1.13. The summed E-state index contributed by atoms with van der Waals surface area (Å²) in [5.41, 5.74) is 0.983. The van der Waals surface area contributed by atoms with Crippen molar-refractivity contribution in [2.45, 2.75) is 31.9 Å². The number of hydrogen-bond donors (Lipinski definition) is 1. The maximum Gasteiger partial charge on any atom is 0.141 e. The molecule has 0 spiro atoms. The fraction of sp³-hybridized carbons (Fsp3) is 0.643. The van der Waals surface area contributed by atoms with Gasteiger partial charge in [-0.15, -0.1) is 0 Å². The molecule has 2 rings (SSSR count). The summed E-state index contributed by atoms with van der Waals surface area (Å²) in [5.74, 6) is 1.31. The molecule has 1 aromatic rings. The first-order valence-electron chi connectivity index (χ1n) is 6.59. The third kappa shape index (κ3) is 2.49. The number of nitrogens with zero attached hydrogens (tertiary/aromatic N) is 1. The van der Waals surface area contributed by atoms with Crippen LogP contribution in [0.5, 0.6) is 5.75 Å². The van der Waals surface area contributed by atoms with E-state index in [-0.39, 0.29) is 6.04 Å². The van der Waals surface area contributed by atoms with Crippen LogP contribution in [0.2, 0.25) is 0 Å². The van der Waals surface area contributed by atoms with Crippen LogP contribution in [0.3, 0.4) is 0 Å². The molecule has 2 heterocycles. The summed E-state index contributed by atoms with van der Waals surface area (Å²) in [5, 5.41) is 3.38.